The van der Waals surface area contributed by atoms with Gasteiger partial charge in [0.05, 0.1) is 33.2 Å². The first-order valence-corrected chi connectivity index (χ1v) is 18.3. The van der Waals surface area contributed by atoms with Gasteiger partial charge in [-0.3, -0.25) is 10.1 Å². The van der Waals surface area contributed by atoms with Crippen LogP contribution in [0.25, 0.3) is 90.9 Å². The molecule has 2 N–H and O–H groups in total. The fourth-order valence-electron chi connectivity index (χ4n) is 7.51. The normalized spacial score (nSPS) is 12.0. The summed E-state index contributed by atoms with van der Waals surface area (Å²) < 4.78 is 0. The molecule has 0 spiro atoms. The third-order valence-corrected chi connectivity index (χ3v) is 10.4. The minimum Gasteiger partial charge on any atom is -0.354 e. The molecule has 2 aliphatic heterocycles. The lowest BCUT2D eigenvalue weighted by Crippen LogP contribution is -1.91. The molecule has 7 aromatic rings. The van der Waals surface area contributed by atoms with E-state index in [1.165, 1.54) is 0 Å². The van der Waals surface area contributed by atoms with E-state index in [0.717, 1.165) is 83.6 Å². The summed E-state index contributed by atoms with van der Waals surface area (Å²) in [6.45, 7) is 8.23. The molecule has 0 radical (unpaired) electrons. The molecule has 0 amide bonds. The van der Waals surface area contributed by atoms with E-state index in [1.54, 1.807) is 6.07 Å². The molecule has 0 fully saturated rings. The van der Waals surface area contributed by atoms with Crippen molar-refractivity contribution < 1.29 is 4.92 Å². The van der Waals surface area contributed by atoms with Gasteiger partial charge in [-0.1, -0.05) is 119 Å². The number of aryl methyl sites for hydroxylation is 4. The molecule has 3 aromatic heterocycles. The number of fused-ring (bicyclic) bond motifs is 8. The molecule has 0 saturated carbocycles. The van der Waals surface area contributed by atoms with Crippen molar-refractivity contribution in [1.29, 1.82) is 0 Å². The number of nitro groups is 1. The van der Waals surface area contributed by atoms with Gasteiger partial charge in [0, 0.05) is 39.4 Å². The molecule has 4 aromatic carbocycles. The highest BCUT2D eigenvalue weighted by Gasteiger charge is 2.24. The second-order valence-corrected chi connectivity index (χ2v) is 14.4. The molecular weight excluding hydrogens is 679 g/mol. The zero-order valence-electron chi connectivity index (χ0n) is 30.9. The van der Waals surface area contributed by atoms with Gasteiger partial charge in [-0.2, -0.15) is 0 Å². The first-order valence-electron chi connectivity index (χ1n) is 18.3. The van der Waals surface area contributed by atoms with E-state index in [4.69, 9.17) is 9.97 Å². The lowest BCUT2D eigenvalue weighted by atomic mass is 10.0. The fourth-order valence-corrected chi connectivity index (χ4v) is 7.51. The standard InChI is InChI=1S/C48H37N5O2/c1-28-5-13-32(14-6-28)44-36-21-22-37(49-36)45(33-15-7-29(2)8-16-33)39-25-26-41(51-39)47(35-19-11-31(4)12-20-35)48-43(53(54)55)27-42(52-48)46(40-24-23-38(44)50-40)34-17-9-30(3)10-18-34/h5-27,49,52H,1-4H3. The summed E-state index contributed by atoms with van der Waals surface area (Å²) in [6, 6.07) is 39.0. The number of nitrogens with zero attached hydrogens (tertiary/aromatic N) is 3. The van der Waals surface area contributed by atoms with Gasteiger partial charge in [0.25, 0.3) is 5.69 Å². The van der Waals surface area contributed by atoms with Crippen molar-refractivity contribution in [2.45, 2.75) is 27.7 Å². The van der Waals surface area contributed by atoms with E-state index in [2.05, 4.69) is 96.6 Å². The van der Waals surface area contributed by atoms with Crippen LogP contribution < -0.4 is 0 Å². The Morgan fingerprint density at radius 3 is 1.13 bits per heavy atom. The minimum atomic E-state index is -0.314. The molecule has 7 heteroatoms. The highest BCUT2D eigenvalue weighted by Crippen LogP contribution is 2.41. The van der Waals surface area contributed by atoms with Gasteiger partial charge in [0.15, 0.2) is 0 Å². The number of aromatic amines is 2. The van der Waals surface area contributed by atoms with Crippen molar-refractivity contribution in [1.82, 2.24) is 19.9 Å². The second kappa shape index (κ2) is 13.4. The number of hydrogen-bond acceptors (Lipinski definition) is 4. The summed E-state index contributed by atoms with van der Waals surface area (Å²) in [7, 11) is 0. The molecule has 0 unspecified atom stereocenters. The SMILES string of the molecule is Cc1ccc(-c2c3nc(c(-c4ccc(C)cc4)c4cc([N+](=O)[O-])c([nH]4)c(-c4ccc(C)cc4)c4nc(c(-c5ccc(C)cc5)c5ccc2[nH]5)C=C4)C=C3)cc1. The maximum absolute atomic E-state index is 13.0. The number of nitrogens with one attached hydrogen (secondary N) is 2. The Morgan fingerprint density at radius 1 is 0.436 bits per heavy atom. The molecule has 0 atom stereocenters. The molecule has 2 aliphatic rings. The van der Waals surface area contributed by atoms with Gasteiger partial charge in [-0.25, -0.2) is 9.97 Å². The van der Waals surface area contributed by atoms with Gasteiger partial charge in [0.1, 0.15) is 5.52 Å². The molecule has 9 rings (SSSR count). The number of aromatic nitrogens is 4. The van der Waals surface area contributed by atoms with Gasteiger partial charge >= 0.3 is 0 Å². The Kier molecular flexibility index (Phi) is 8.20. The molecule has 5 heterocycles. The van der Waals surface area contributed by atoms with E-state index < -0.39 is 0 Å². The predicted molar refractivity (Wildman–Crippen MR) is 226 cm³/mol. The highest BCUT2D eigenvalue weighted by atomic mass is 16.6. The first kappa shape index (κ1) is 33.7. The van der Waals surface area contributed by atoms with Crippen LogP contribution in [0.1, 0.15) is 45.0 Å². The van der Waals surface area contributed by atoms with E-state index in [-0.39, 0.29) is 10.6 Å². The van der Waals surface area contributed by atoms with Gasteiger partial charge < -0.3 is 9.97 Å². The Labute approximate surface area is 318 Å². The number of rotatable bonds is 5. The summed E-state index contributed by atoms with van der Waals surface area (Å²) in [4.78, 5) is 30.7. The smallest absolute Gasteiger partial charge is 0.295 e. The van der Waals surface area contributed by atoms with Crippen molar-refractivity contribution in [3.63, 3.8) is 0 Å². The van der Waals surface area contributed by atoms with Crippen LogP contribution in [0.4, 0.5) is 5.69 Å². The number of hydrogen-bond donors (Lipinski definition) is 2. The van der Waals surface area contributed by atoms with Crippen LogP contribution in [0.5, 0.6) is 0 Å². The van der Waals surface area contributed by atoms with Crippen LogP contribution in [0.2, 0.25) is 0 Å². The zero-order chi connectivity index (χ0) is 37.8. The van der Waals surface area contributed by atoms with Crippen LogP contribution >= 0.6 is 0 Å². The average Bonchev–Trinajstić information content (AvgIpc) is 4.01. The maximum atomic E-state index is 13.0. The molecular formula is C48H37N5O2. The Morgan fingerprint density at radius 2 is 0.764 bits per heavy atom. The first-order chi connectivity index (χ1) is 26.7. The molecule has 0 saturated heterocycles. The summed E-state index contributed by atoms with van der Waals surface area (Å²) in [6.07, 6.45) is 8.01. The van der Waals surface area contributed by atoms with Crippen LogP contribution in [0, 0.1) is 37.8 Å². The Bertz CT molecular complexity index is 2890. The Hall–Kier alpha value is -7.12. The molecule has 55 heavy (non-hydrogen) atoms. The quantitative estimate of drug-likeness (QED) is 0.137. The third kappa shape index (κ3) is 6.15. The molecule has 0 aliphatic carbocycles. The van der Waals surface area contributed by atoms with E-state index in [1.807, 2.05) is 74.5 Å². The lowest BCUT2D eigenvalue weighted by Gasteiger charge is -2.07. The van der Waals surface area contributed by atoms with Crippen LogP contribution in [0.3, 0.4) is 0 Å². The largest absolute Gasteiger partial charge is 0.354 e. The maximum Gasteiger partial charge on any atom is 0.295 e. The van der Waals surface area contributed by atoms with Crippen molar-refractivity contribution in [2.24, 2.45) is 0 Å². The summed E-state index contributed by atoms with van der Waals surface area (Å²) in [5.41, 5.74) is 17.1. The van der Waals surface area contributed by atoms with Gasteiger partial charge in [-0.15, -0.1) is 0 Å². The zero-order valence-corrected chi connectivity index (χ0v) is 30.9. The fraction of sp³-hybridized carbons (Fsp3) is 0.0833. The highest BCUT2D eigenvalue weighted by molar-refractivity contribution is 6.02. The molecule has 266 valence electrons. The van der Waals surface area contributed by atoms with Gasteiger partial charge in [0.2, 0.25) is 0 Å². The average molecular weight is 716 g/mol. The predicted octanol–water partition coefficient (Wildman–Crippen LogP) is 12.5. The minimum absolute atomic E-state index is 0.0425. The van der Waals surface area contributed by atoms with Gasteiger partial charge in [-0.05, 0) is 86.4 Å². The van der Waals surface area contributed by atoms with Crippen molar-refractivity contribution in [3.05, 3.63) is 170 Å². The molecule has 8 bridgehead atoms. The molecule has 7 nitrogen and oxygen atoms in total. The second-order valence-electron chi connectivity index (χ2n) is 14.4. The topological polar surface area (TPSA) is 100 Å². The van der Waals surface area contributed by atoms with E-state index >= 15 is 0 Å². The summed E-state index contributed by atoms with van der Waals surface area (Å²) in [5, 5.41) is 13.0. The summed E-state index contributed by atoms with van der Waals surface area (Å²) >= 11 is 0. The van der Waals surface area contributed by atoms with Crippen molar-refractivity contribution in [2.75, 3.05) is 0 Å². The van der Waals surface area contributed by atoms with Crippen LogP contribution in [0.15, 0.2) is 115 Å². The number of H-pyrrole nitrogens is 2. The van der Waals surface area contributed by atoms with Crippen molar-refractivity contribution in [3.8, 4) is 44.5 Å². The van der Waals surface area contributed by atoms with Crippen LogP contribution in [-0.4, -0.2) is 24.9 Å². The van der Waals surface area contributed by atoms with E-state index in [0.29, 0.717) is 28.0 Å². The summed E-state index contributed by atoms with van der Waals surface area (Å²) in [5.74, 6) is 0. The van der Waals surface area contributed by atoms with E-state index in [9.17, 15) is 10.1 Å². The number of benzene rings is 4. The monoisotopic (exact) mass is 715 g/mol. The van der Waals surface area contributed by atoms with Crippen molar-refractivity contribution >= 4 is 52.1 Å². The third-order valence-electron chi connectivity index (χ3n) is 10.4. The Balaban J connectivity index is 1.51. The lowest BCUT2D eigenvalue weighted by molar-refractivity contribution is -0.382. The van der Waals surface area contributed by atoms with Crippen LogP contribution in [-0.2, 0) is 0 Å².